The van der Waals surface area contributed by atoms with E-state index in [2.05, 4.69) is 31.0 Å². The molecule has 1 fully saturated rings. The summed E-state index contributed by atoms with van der Waals surface area (Å²) in [5.41, 5.74) is 5.30. The Bertz CT molecular complexity index is 1230. The average Bonchev–Trinajstić information content (AvgIpc) is 3.40. The van der Waals surface area contributed by atoms with Crippen LogP contribution in [0.15, 0.2) is 20.1 Å². The van der Waals surface area contributed by atoms with Gasteiger partial charge in [-0.3, -0.25) is 14.5 Å². The molecule has 2 aromatic heterocycles. The molecule has 180 valence electrons. The number of amides is 2. The van der Waals surface area contributed by atoms with E-state index < -0.39 is 29.9 Å². The number of thiazole rings is 1. The predicted octanol–water partition coefficient (Wildman–Crippen LogP) is 1.20. The number of hydrogen-bond donors (Lipinski definition) is 4. The maximum Gasteiger partial charge on any atom is 0.353 e. The van der Waals surface area contributed by atoms with Crippen molar-refractivity contribution < 1.29 is 24.3 Å². The molecule has 2 unspecified atom stereocenters. The zero-order valence-electron chi connectivity index (χ0n) is 17.6. The van der Waals surface area contributed by atoms with Gasteiger partial charge < -0.3 is 26.3 Å². The van der Waals surface area contributed by atoms with Crippen molar-refractivity contribution in [2.24, 2.45) is 5.16 Å². The molecule has 2 aliphatic rings. The fourth-order valence-electron chi connectivity index (χ4n) is 3.54. The van der Waals surface area contributed by atoms with Crippen LogP contribution in [0.4, 0.5) is 10.3 Å². The summed E-state index contributed by atoms with van der Waals surface area (Å²) in [6.07, 6.45) is 0.823. The minimum Gasteiger partial charge on any atom is -0.477 e. The number of oxime groups is 1. The van der Waals surface area contributed by atoms with Crippen LogP contribution < -0.4 is 16.4 Å². The Kier molecular flexibility index (Phi) is 6.92. The number of nitrogens with two attached hydrogens (primary N) is 1. The van der Waals surface area contributed by atoms with E-state index in [9.17, 15) is 19.5 Å². The van der Waals surface area contributed by atoms with E-state index in [0.29, 0.717) is 27.2 Å². The van der Waals surface area contributed by atoms with Crippen LogP contribution in [0.3, 0.4) is 0 Å². The van der Waals surface area contributed by atoms with Gasteiger partial charge in [0, 0.05) is 12.0 Å². The first-order valence-electron chi connectivity index (χ1n) is 9.58. The van der Waals surface area contributed by atoms with Gasteiger partial charge in [-0.05, 0) is 12.8 Å². The summed E-state index contributed by atoms with van der Waals surface area (Å²) in [7, 11) is 2.95. The van der Waals surface area contributed by atoms with E-state index in [4.69, 9.17) is 22.2 Å². The molecule has 2 aromatic rings. The number of nitrogen functional groups attached to an aromatic ring is 1. The normalized spacial score (nSPS) is 20.0. The fourth-order valence-corrected chi connectivity index (χ4v) is 6.40. The SMILES string of the molecule is CNc1nnc(SC2=C(C(=O)O)N3C(=O)C(NC(=O)/C(=N\OC)c4nc(N)sc4Cl)C3CC2)s1. The van der Waals surface area contributed by atoms with Crippen LogP contribution in [-0.2, 0) is 19.2 Å². The highest BCUT2D eigenvalue weighted by Crippen LogP contribution is 2.44. The number of β-lactam (4-membered cyclic amide) rings is 1. The summed E-state index contributed by atoms with van der Waals surface area (Å²) >= 11 is 9.48. The molecule has 2 aliphatic heterocycles. The van der Waals surface area contributed by atoms with Crippen LogP contribution in [0.25, 0.3) is 0 Å². The summed E-state index contributed by atoms with van der Waals surface area (Å²) in [5.74, 6) is -2.54. The molecule has 0 saturated carbocycles. The fraction of sp³-hybridized carbons (Fsp3) is 0.353. The van der Waals surface area contributed by atoms with Gasteiger partial charge in [-0.15, -0.1) is 10.2 Å². The highest BCUT2D eigenvalue weighted by molar-refractivity contribution is 8.04. The van der Waals surface area contributed by atoms with E-state index >= 15 is 0 Å². The van der Waals surface area contributed by atoms with Crippen molar-refractivity contribution >= 4 is 79.8 Å². The van der Waals surface area contributed by atoms with Crippen molar-refractivity contribution in [3.63, 3.8) is 0 Å². The van der Waals surface area contributed by atoms with Crippen LogP contribution in [0, 0.1) is 0 Å². The molecule has 5 N–H and O–H groups in total. The Morgan fingerprint density at radius 2 is 2.15 bits per heavy atom. The maximum absolute atomic E-state index is 12.9. The molecule has 1 saturated heterocycles. The van der Waals surface area contributed by atoms with Gasteiger partial charge in [-0.2, -0.15) is 0 Å². The molecule has 34 heavy (non-hydrogen) atoms. The van der Waals surface area contributed by atoms with E-state index in [1.54, 1.807) is 7.05 Å². The van der Waals surface area contributed by atoms with Gasteiger partial charge in [-0.25, -0.2) is 9.78 Å². The number of thioether (sulfide) groups is 1. The van der Waals surface area contributed by atoms with Crippen molar-refractivity contribution in [2.75, 3.05) is 25.2 Å². The number of rotatable bonds is 8. The van der Waals surface area contributed by atoms with Crippen molar-refractivity contribution in [3.8, 4) is 0 Å². The number of carbonyl (C=O) groups is 3. The summed E-state index contributed by atoms with van der Waals surface area (Å²) in [6, 6.07) is -1.48. The van der Waals surface area contributed by atoms with E-state index in [1.165, 1.54) is 23.3 Å². The van der Waals surface area contributed by atoms with Crippen LogP contribution >= 0.6 is 46.0 Å². The lowest BCUT2D eigenvalue weighted by molar-refractivity contribution is -0.155. The van der Waals surface area contributed by atoms with Gasteiger partial charge in [0.05, 0.1) is 6.04 Å². The van der Waals surface area contributed by atoms with Gasteiger partial charge in [0.25, 0.3) is 11.8 Å². The molecule has 17 heteroatoms. The highest BCUT2D eigenvalue weighted by Gasteiger charge is 2.54. The Labute approximate surface area is 209 Å². The topological polar surface area (TPSA) is 185 Å². The molecule has 0 aromatic carbocycles. The average molecular weight is 545 g/mol. The van der Waals surface area contributed by atoms with Crippen LogP contribution in [0.1, 0.15) is 18.5 Å². The molecule has 13 nitrogen and oxygen atoms in total. The largest absolute Gasteiger partial charge is 0.477 e. The highest BCUT2D eigenvalue weighted by atomic mass is 35.5. The van der Waals surface area contributed by atoms with Crippen LogP contribution in [-0.4, -0.2) is 74.9 Å². The lowest BCUT2D eigenvalue weighted by atomic mass is 9.86. The summed E-state index contributed by atoms with van der Waals surface area (Å²) in [6.45, 7) is 0. The number of aromatic nitrogens is 3. The quantitative estimate of drug-likeness (QED) is 0.212. The number of carboxylic acids is 1. The molecule has 0 aliphatic carbocycles. The van der Waals surface area contributed by atoms with Gasteiger partial charge in [0.1, 0.15) is 28.9 Å². The van der Waals surface area contributed by atoms with Gasteiger partial charge >= 0.3 is 5.97 Å². The Morgan fingerprint density at radius 1 is 1.38 bits per heavy atom. The first-order valence-corrected chi connectivity index (χ1v) is 12.4. The minimum atomic E-state index is -1.24. The number of aliphatic carboxylic acids is 1. The maximum atomic E-state index is 12.9. The Balaban J connectivity index is 1.53. The smallest absolute Gasteiger partial charge is 0.353 e. The predicted molar refractivity (Wildman–Crippen MR) is 127 cm³/mol. The number of nitrogens with one attached hydrogen (secondary N) is 2. The summed E-state index contributed by atoms with van der Waals surface area (Å²) in [4.78, 5) is 48.3. The van der Waals surface area contributed by atoms with Crippen molar-refractivity contribution in [1.29, 1.82) is 0 Å². The number of hydrogen-bond acceptors (Lipinski definition) is 13. The molecular formula is C17H17ClN8O5S3. The van der Waals surface area contributed by atoms with Gasteiger partial charge in [-0.1, -0.05) is 51.2 Å². The van der Waals surface area contributed by atoms with Crippen LogP contribution in [0.2, 0.25) is 4.34 Å². The number of fused-ring (bicyclic) bond motifs is 1. The van der Waals surface area contributed by atoms with Gasteiger partial charge in [0.15, 0.2) is 15.2 Å². The number of nitrogens with zero attached hydrogens (tertiary/aromatic N) is 5. The lowest BCUT2D eigenvalue weighted by Gasteiger charge is -2.49. The molecule has 4 heterocycles. The molecule has 2 atom stereocenters. The molecule has 0 spiro atoms. The van der Waals surface area contributed by atoms with E-state index in [0.717, 1.165) is 23.1 Å². The zero-order valence-corrected chi connectivity index (χ0v) is 20.8. The Morgan fingerprint density at radius 3 is 2.74 bits per heavy atom. The monoisotopic (exact) mass is 544 g/mol. The number of halogens is 1. The Hall–Kier alpha value is -2.95. The second-order valence-electron chi connectivity index (χ2n) is 6.86. The molecule has 0 bridgehead atoms. The first-order chi connectivity index (χ1) is 16.2. The number of allylic oxidation sites excluding steroid dienone is 1. The lowest BCUT2D eigenvalue weighted by Crippen LogP contribution is -2.72. The van der Waals surface area contributed by atoms with Crippen molar-refractivity contribution in [3.05, 3.63) is 20.6 Å². The van der Waals surface area contributed by atoms with E-state index in [1.807, 2.05) is 0 Å². The third kappa shape index (κ3) is 4.40. The molecule has 0 radical (unpaired) electrons. The number of carbonyl (C=O) groups excluding carboxylic acids is 2. The number of anilines is 2. The second kappa shape index (κ2) is 9.73. The summed E-state index contributed by atoms with van der Waals surface area (Å²) < 4.78 is 0.688. The summed E-state index contributed by atoms with van der Waals surface area (Å²) in [5, 5.41) is 27.6. The minimum absolute atomic E-state index is 0.0265. The zero-order chi connectivity index (χ0) is 24.6. The van der Waals surface area contributed by atoms with Gasteiger partial charge in [0.2, 0.25) is 5.13 Å². The molecule has 2 amide bonds. The van der Waals surface area contributed by atoms with E-state index in [-0.39, 0.29) is 26.6 Å². The van der Waals surface area contributed by atoms with Crippen molar-refractivity contribution in [2.45, 2.75) is 29.3 Å². The van der Waals surface area contributed by atoms with Crippen LogP contribution in [0.5, 0.6) is 0 Å². The molecule has 4 rings (SSSR count). The standard InChI is InChI=1S/C17H17ClN8O5S3/c1-20-16-23-24-17(34-16)32-6-4-3-5-7(13(28)26(5)10(6)14(29)30)21-12(27)9(25-31-2)8-11(18)33-15(19)22-8/h5,7H,3-4H2,1-2H3,(H2,19,22)(H,20,23)(H,21,27)(H,29,30)/b25-9-. The first kappa shape index (κ1) is 24.2. The third-order valence-electron chi connectivity index (χ3n) is 4.94. The second-order valence-corrected chi connectivity index (χ2v) is 10.8. The third-order valence-corrected chi connectivity index (χ3v) is 8.16. The van der Waals surface area contributed by atoms with Crippen molar-refractivity contribution in [1.82, 2.24) is 25.4 Å². The molecular weight excluding hydrogens is 528 g/mol. The number of carboxylic acid groups (broad SMARTS) is 1.